The van der Waals surface area contributed by atoms with E-state index in [1.165, 1.54) is 24.3 Å². The number of H-pyrrole nitrogens is 1. The average molecular weight is 330 g/mol. The van der Waals surface area contributed by atoms with Crippen molar-refractivity contribution in [1.82, 2.24) is 15.6 Å². The molecule has 1 amide bonds. The lowest BCUT2D eigenvalue weighted by Crippen LogP contribution is -2.38. The second kappa shape index (κ2) is 6.79. The van der Waals surface area contributed by atoms with Gasteiger partial charge in [-0.15, -0.1) is 0 Å². The Morgan fingerprint density at radius 3 is 2.92 bits per heavy atom. The Hall–Kier alpha value is -2.74. The van der Waals surface area contributed by atoms with Crippen molar-refractivity contribution >= 4 is 22.5 Å². The van der Waals surface area contributed by atoms with Crippen LogP contribution in [0.25, 0.3) is 10.9 Å². The summed E-state index contributed by atoms with van der Waals surface area (Å²) in [5.74, 6) is -0.0394. The SMILES string of the molecule is O=C(NCC1CCCNC1)c1cc(=O)[nH]c2ccc([N+](=O)[O-])cc12. The van der Waals surface area contributed by atoms with E-state index in [0.29, 0.717) is 23.4 Å². The largest absolute Gasteiger partial charge is 0.352 e. The predicted molar refractivity (Wildman–Crippen MR) is 89.2 cm³/mol. The van der Waals surface area contributed by atoms with Crippen molar-refractivity contribution < 1.29 is 9.72 Å². The Morgan fingerprint density at radius 1 is 1.38 bits per heavy atom. The summed E-state index contributed by atoms with van der Waals surface area (Å²) in [5.41, 5.74) is 0.0136. The van der Waals surface area contributed by atoms with E-state index in [2.05, 4.69) is 15.6 Å². The molecule has 2 heterocycles. The van der Waals surface area contributed by atoms with Crippen molar-refractivity contribution in [1.29, 1.82) is 0 Å². The molecule has 0 bridgehead atoms. The average Bonchev–Trinajstić information content (AvgIpc) is 2.59. The first-order chi connectivity index (χ1) is 11.5. The van der Waals surface area contributed by atoms with Gasteiger partial charge in [0, 0.05) is 35.6 Å². The maximum atomic E-state index is 12.5. The Bertz CT molecular complexity index is 840. The number of nitro benzene ring substituents is 1. The van der Waals surface area contributed by atoms with Gasteiger partial charge >= 0.3 is 0 Å². The van der Waals surface area contributed by atoms with E-state index in [9.17, 15) is 19.7 Å². The number of amides is 1. The van der Waals surface area contributed by atoms with Crippen LogP contribution in [0, 0.1) is 16.0 Å². The standard InChI is InChI=1S/C16H18N4O4/c21-15-7-13(16(22)18-9-10-2-1-5-17-8-10)12-6-11(20(23)24)3-4-14(12)19-15/h3-4,6-7,10,17H,1-2,5,8-9H2,(H,18,22)(H,19,21). The number of aromatic amines is 1. The highest BCUT2D eigenvalue weighted by molar-refractivity contribution is 6.06. The number of pyridine rings is 1. The van der Waals surface area contributed by atoms with E-state index >= 15 is 0 Å². The molecule has 8 heteroatoms. The lowest BCUT2D eigenvalue weighted by Gasteiger charge is -2.22. The predicted octanol–water partition coefficient (Wildman–Crippen LogP) is 1.17. The fraction of sp³-hybridized carbons (Fsp3) is 0.375. The lowest BCUT2D eigenvalue weighted by molar-refractivity contribution is -0.384. The molecule has 1 fully saturated rings. The van der Waals surface area contributed by atoms with Crippen molar-refractivity contribution in [2.45, 2.75) is 12.8 Å². The zero-order chi connectivity index (χ0) is 17.1. The molecule has 1 aliphatic heterocycles. The van der Waals surface area contributed by atoms with Crippen LogP contribution < -0.4 is 16.2 Å². The number of nitro groups is 1. The van der Waals surface area contributed by atoms with Crippen molar-refractivity contribution in [3.8, 4) is 0 Å². The van der Waals surface area contributed by atoms with E-state index in [0.717, 1.165) is 25.9 Å². The molecule has 8 nitrogen and oxygen atoms in total. The minimum atomic E-state index is -0.528. The van der Waals surface area contributed by atoms with E-state index in [1.807, 2.05) is 0 Å². The molecule has 1 aliphatic rings. The molecular formula is C16H18N4O4. The molecule has 0 saturated carbocycles. The van der Waals surface area contributed by atoms with Crippen LogP contribution >= 0.6 is 0 Å². The second-order valence-corrected chi connectivity index (χ2v) is 5.96. The molecule has 126 valence electrons. The number of non-ortho nitro benzene ring substituents is 1. The van der Waals surface area contributed by atoms with Gasteiger partial charge in [0.2, 0.25) is 5.56 Å². The summed E-state index contributed by atoms with van der Waals surface area (Å²) in [5, 5.41) is 17.4. The molecule has 24 heavy (non-hydrogen) atoms. The molecule has 3 rings (SSSR count). The third-order valence-electron chi connectivity index (χ3n) is 4.23. The highest BCUT2D eigenvalue weighted by Gasteiger charge is 2.18. The van der Waals surface area contributed by atoms with Crippen LogP contribution in [0.4, 0.5) is 5.69 Å². The van der Waals surface area contributed by atoms with E-state index in [1.54, 1.807) is 0 Å². The van der Waals surface area contributed by atoms with E-state index in [4.69, 9.17) is 0 Å². The van der Waals surface area contributed by atoms with Gasteiger partial charge < -0.3 is 15.6 Å². The van der Waals surface area contributed by atoms with Crippen molar-refractivity contribution in [3.63, 3.8) is 0 Å². The first-order valence-corrected chi connectivity index (χ1v) is 7.85. The molecule has 1 saturated heterocycles. The maximum Gasteiger partial charge on any atom is 0.270 e. The molecule has 3 N–H and O–H groups in total. The summed E-state index contributed by atoms with van der Waals surface area (Å²) in [4.78, 5) is 37.2. The fourth-order valence-electron chi connectivity index (χ4n) is 2.97. The number of rotatable bonds is 4. The molecule has 0 radical (unpaired) electrons. The Labute approximate surface area is 137 Å². The fourth-order valence-corrected chi connectivity index (χ4v) is 2.97. The molecule has 1 unspecified atom stereocenters. The van der Waals surface area contributed by atoms with Crippen LogP contribution in [-0.4, -0.2) is 35.4 Å². The molecule has 0 spiro atoms. The first kappa shape index (κ1) is 16.1. The van der Waals surface area contributed by atoms with Gasteiger partial charge in [-0.3, -0.25) is 19.7 Å². The number of hydrogen-bond acceptors (Lipinski definition) is 5. The number of nitrogens with one attached hydrogen (secondary N) is 3. The second-order valence-electron chi connectivity index (χ2n) is 5.96. The number of aromatic nitrogens is 1. The van der Waals surface area contributed by atoms with Crippen molar-refractivity contribution in [2.24, 2.45) is 5.92 Å². The number of carbonyl (C=O) groups excluding carboxylic acids is 1. The zero-order valence-electron chi connectivity index (χ0n) is 13.0. The van der Waals surface area contributed by atoms with Gasteiger partial charge in [0.1, 0.15) is 0 Å². The molecule has 2 aromatic rings. The van der Waals surface area contributed by atoms with Crippen LogP contribution in [0.15, 0.2) is 29.1 Å². The van der Waals surface area contributed by atoms with Crippen molar-refractivity contribution in [2.75, 3.05) is 19.6 Å². The number of nitrogens with zero attached hydrogens (tertiary/aromatic N) is 1. The third-order valence-corrected chi connectivity index (χ3v) is 4.23. The summed E-state index contributed by atoms with van der Waals surface area (Å²) in [6.07, 6.45) is 2.11. The summed E-state index contributed by atoms with van der Waals surface area (Å²) < 4.78 is 0. The minimum absolute atomic E-state index is 0.125. The van der Waals surface area contributed by atoms with Crippen LogP contribution in [0.1, 0.15) is 23.2 Å². The first-order valence-electron chi connectivity index (χ1n) is 7.85. The number of carbonyl (C=O) groups is 1. The van der Waals surface area contributed by atoms with Crippen LogP contribution in [0.5, 0.6) is 0 Å². The molecular weight excluding hydrogens is 312 g/mol. The Morgan fingerprint density at radius 2 is 2.21 bits per heavy atom. The molecule has 1 aromatic carbocycles. The number of benzene rings is 1. The minimum Gasteiger partial charge on any atom is -0.352 e. The summed E-state index contributed by atoms with van der Waals surface area (Å²) in [7, 11) is 0. The van der Waals surface area contributed by atoms with Crippen molar-refractivity contribution in [3.05, 3.63) is 50.3 Å². The van der Waals surface area contributed by atoms with E-state index in [-0.39, 0.29) is 11.3 Å². The number of piperidine rings is 1. The quantitative estimate of drug-likeness (QED) is 0.574. The van der Waals surface area contributed by atoms with Crippen LogP contribution in [0.2, 0.25) is 0 Å². The van der Waals surface area contributed by atoms with Gasteiger partial charge in [-0.1, -0.05) is 0 Å². The Balaban J connectivity index is 1.88. The van der Waals surface area contributed by atoms with Crippen LogP contribution in [0.3, 0.4) is 0 Å². The van der Waals surface area contributed by atoms with Gasteiger partial charge in [-0.25, -0.2) is 0 Å². The lowest BCUT2D eigenvalue weighted by atomic mass is 9.99. The summed E-state index contributed by atoms with van der Waals surface area (Å²) in [6.45, 7) is 2.35. The summed E-state index contributed by atoms with van der Waals surface area (Å²) >= 11 is 0. The summed E-state index contributed by atoms with van der Waals surface area (Å²) in [6, 6.07) is 5.23. The normalized spacial score (nSPS) is 17.6. The van der Waals surface area contributed by atoms with Crippen LogP contribution in [-0.2, 0) is 0 Å². The molecule has 1 atom stereocenters. The van der Waals surface area contributed by atoms with Gasteiger partial charge in [0.15, 0.2) is 0 Å². The van der Waals surface area contributed by atoms with Gasteiger partial charge in [0.05, 0.1) is 10.5 Å². The molecule has 1 aromatic heterocycles. The molecule has 0 aliphatic carbocycles. The maximum absolute atomic E-state index is 12.5. The van der Waals surface area contributed by atoms with Gasteiger partial charge in [-0.05, 0) is 37.9 Å². The monoisotopic (exact) mass is 330 g/mol. The number of hydrogen-bond donors (Lipinski definition) is 3. The van der Waals surface area contributed by atoms with Gasteiger partial charge in [0.25, 0.3) is 11.6 Å². The smallest absolute Gasteiger partial charge is 0.270 e. The van der Waals surface area contributed by atoms with E-state index < -0.39 is 16.4 Å². The number of fused-ring (bicyclic) bond motifs is 1. The van der Waals surface area contributed by atoms with Gasteiger partial charge in [-0.2, -0.15) is 0 Å². The Kier molecular flexibility index (Phi) is 4.57. The topological polar surface area (TPSA) is 117 Å². The zero-order valence-corrected chi connectivity index (χ0v) is 13.0. The highest BCUT2D eigenvalue weighted by atomic mass is 16.6. The third kappa shape index (κ3) is 3.43. The highest BCUT2D eigenvalue weighted by Crippen LogP contribution is 2.21.